The Bertz CT molecular complexity index is 1040. The van der Waals surface area contributed by atoms with Crippen LogP contribution < -0.4 is 9.80 Å². The Morgan fingerprint density at radius 2 is 1.94 bits per heavy atom. The number of ether oxygens (including phenoxy) is 2. The summed E-state index contributed by atoms with van der Waals surface area (Å²) >= 11 is 0. The fourth-order valence-corrected chi connectivity index (χ4v) is 8.01. The lowest BCUT2D eigenvalue weighted by atomic mass is 9.42. The molecule has 3 aliphatic heterocycles. The van der Waals surface area contributed by atoms with Crippen LogP contribution in [0.1, 0.15) is 44.6 Å². The first kappa shape index (κ1) is 19.2. The van der Waals surface area contributed by atoms with Crippen LogP contribution in [0.2, 0.25) is 0 Å². The van der Waals surface area contributed by atoms with Gasteiger partial charge in [-0.2, -0.15) is 5.06 Å². The maximum absolute atomic E-state index is 13.3. The van der Waals surface area contributed by atoms with E-state index in [9.17, 15) is 9.59 Å². The molecular formula is C24H28N2O5. The Labute approximate surface area is 181 Å². The molecule has 2 saturated heterocycles. The Balaban J connectivity index is 1.73. The molecule has 7 nitrogen and oxygen atoms in total. The number of piperidine rings is 1. The number of nitrogens with zero attached hydrogens (tertiary/aromatic N) is 2. The van der Waals surface area contributed by atoms with Crippen LogP contribution in [0.3, 0.4) is 0 Å². The first-order valence-corrected chi connectivity index (χ1v) is 11.2. The Hall–Kier alpha value is -2.54. The van der Waals surface area contributed by atoms with Gasteiger partial charge in [-0.05, 0) is 56.8 Å². The summed E-state index contributed by atoms with van der Waals surface area (Å²) in [6.45, 7) is 3.45. The quantitative estimate of drug-likeness (QED) is 0.691. The fourth-order valence-electron chi connectivity index (χ4n) is 8.01. The third-order valence-electron chi connectivity index (χ3n) is 8.70. The second-order valence-corrected chi connectivity index (χ2v) is 9.64. The highest BCUT2D eigenvalue weighted by Crippen LogP contribution is 2.74. The summed E-state index contributed by atoms with van der Waals surface area (Å²) in [5.41, 5.74) is 1.33. The van der Waals surface area contributed by atoms with E-state index in [0.717, 1.165) is 56.4 Å². The summed E-state index contributed by atoms with van der Waals surface area (Å²) in [5.74, 6) is -0.0777. The molecule has 0 aromatic heterocycles. The number of esters is 1. The molecule has 3 fully saturated rings. The molecule has 4 atom stereocenters. The van der Waals surface area contributed by atoms with Gasteiger partial charge in [-0.3, -0.25) is 9.69 Å². The number of carbonyl (C=O) groups is 2. The number of hydrogen-bond donors (Lipinski definition) is 0. The molecule has 3 heterocycles. The average Bonchev–Trinajstić information content (AvgIpc) is 3.30. The molecule has 7 heteroatoms. The maximum Gasteiger partial charge on any atom is 0.336 e. The van der Waals surface area contributed by atoms with E-state index in [1.165, 1.54) is 14.0 Å². The zero-order chi connectivity index (χ0) is 21.6. The Morgan fingerprint density at radius 1 is 1.10 bits per heavy atom. The largest absolute Gasteiger partial charge is 0.494 e. The first-order chi connectivity index (χ1) is 14.9. The van der Waals surface area contributed by atoms with Crippen LogP contribution in [-0.4, -0.2) is 55.7 Å². The lowest BCUT2D eigenvalue weighted by Crippen LogP contribution is -2.75. The zero-order valence-electron chi connectivity index (χ0n) is 18.3. The number of para-hydroxylation sites is 1. The molecule has 3 spiro atoms. The van der Waals surface area contributed by atoms with E-state index < -0.39 is 11.5 Å². The number of methoxy groups -OCH3 is 2. The van der Waals surface area contributed by atoms with Gasteiger partial charge < -0.3 is 14.3 Å². The van der Waals surface area contributed by atoms with Crippen LogP contribution in [0, 0.1) is 5.41 Å². The first-order valence-electron chi connectivity index (χ1n) is 11.2. The van der Waals surface area contributed by atoms with Gasteiger partial charge in [-0.1, -0.05) is 18.2 Å². The zero-order valence-corrected chi connectivity index (χ0v) is 18.3. The van der Waals surface area contributed by atoms with Crippen LogP contribution in [-0.2, 0) is 24.6 Å². The minimum atomic E-state index is -0.790. The highest BCUT2D eigenvalue weighted by atomic mass is 16.7. The minimum Gasteiger partial charge on any atom is -0.494 e. The summed E-state index contributed by atoms with van der Waals surface area (Å²) in [6.07, 6.45) is 7.00. The van der Waals surface area contributed by atoms with Crippen LogP contribution in [0.15, 0.2) is 29.8 Å². The van der Waals surface area contributed by atoms with Crippen LogP contribution >= 0.6 is 0 Å². The summed E-state index contributed by atoms with van der Waals surface area (Å²) in [4.78, 5) is 34.2. The molecule has 1 aromatic rings. The minimum absolute atomic E-state index is 0.0629. The summed E-state index contributed by atoms with van der Waals surface area (Å²) in [7, 11) is 3.07. The normalized spacial score (nSPS) is 36.9. The van der Waals surface area contributed by atoms with Crippen LogP contribution in [0.5, 0.6) is 5.75 Å². The molecule has 6 aliphatic rings. The molecule has 1 aromatic carbocycles. The van der Waals surface area contributed by atoms with Crippen LogP contribution in [0.25, 0.3) is 0 Å². The molecule has 3 aliphatic carbocycles. The molecular weight excluding hydrogens is 396 g/mol. The number of rotatable bonds is 3. The highest BCUT2D eigenvalue weighted by Gasteiger charge is 2.80. The number of anilines is 1. The van der Waals surface area contributed by atoms with E-state index in [1.54, 1.807) is 12.2 Å². The second-order valence-electron chi connectivity index (χ2n) is 9.64. The highest BCUT2D eigenvalue weighted by molar-refractivity contribution is 5.97. The summed E-state index contributed by atoms with van der Waals surface area (Å²) in [5, 5.41) is 1.73. The van der Waals surface area contributed by atoms with E-state index in [2.05, 4.69) is 17.0 Å². The lowest BCUT2D eigenvalue weighted by Gasteiger charge is -2.65. The lowest BCUT2D eigenvalue weighted by molar-refractivity contribution is -0.152. The van der Waals surface area contributed by atoms with Crippen molar-refractivity contribution in [3.63, 3.8) is 0 Å². The van der Waals surface area contributed by atoms with Gasteiger partial charge in [-0.15, -0.1) is 0 Å². The predicted molar refractivity (Wildman–Crippen MR) is 113 cm³/mol. The summed E-state index contributed by atoms with van der Waals surface area (Å²) in [6, 6.07) is 6.32. The third kappa shape index (κ3) is 1.95. The fraction of sp³-hybridized carbons (Fsp3) is 0.583. The van der Waals surface area contributed by atoms with Crippen molar-refractivity contribution in [3.8, 4) is 5.75 Å². The van der Waals surface area contributed by atoms with Gasteiger partial charge in [0.25, 0.3) is 0 Å². The number of fused-ring (bicyclic) bond motifs is 2. The standard InChI is InChI=1S/C24H28N2O5/c1-15(27)31-26-19-16(6-4-7-18(19)29-2)23-11-13-25-12-5-8-22(21(23)25)9-10-24(23,26)17(14-22)20(28)30-3/h4,6-7,14,21H,5,8-13H2,1-3H3/t21-,22+,23+,24+/m0/s1. The van der Waals surface area contributed by atoms with Gasteiger partial charge in [0.1, 0.15) is 17.0 Å². The molecule has 0 unspecified atom stereocenters. The molecule has 7 rings (SSSR count). The van der Waals surface area contributed by atoms with Crippen molar-refractivity contribution in [2.24, 2.45) is 5.41 Å². The van der Waals surface area contributed by atoms with Gasteiger partial charge in [0.15, 0.2) is 0 Å². The Kier molecular flexibility index (Phi) is 3.73. The van der Waals surface area contributed by atoms with Gasteiger partial charge in [0, 0.05) is 23.8 Å². The maximum atomic E-state index is 13.3. The predicted octanol–water partition coefficient (Wildman–Crippen LogP) is 2.73. The van der Waals surface area contributed by atoms with Crippen molar-refractivity contribution in [2.75, 3.05) is 32.4 Å². The van der Waals surface area contributed by atoms with Crippen LogP contribution in [0.4, 0.5) is 5.69 Å². The molecule has 0 radical (unpaired) electrons. The van der Waals surface area contributed by atoms with Gasteiger partial charge in [-0.25, -0.2) is 4.79 Å². The molecule has 0 amide bonds. The van der Waals surface area contributed by atoms with Crippen molar-refractivity contribution in [1.82, 2.24) is 4.90 Å². The van der Waals surface area contributed by atoms with Crippen molar-refractivity contribution < 1.29 is 23.9 Å². The average molecular weight is 424 g/mol. The van der Waals surface area contributed by atoms with Gasteiger partial charge in [0.05, 0.1) is 19.8 Å². The number of carbonyl (C=O) groups excluding carboxylic acids is 2. The SMILES string of the molecule is COC(=O)C1=C[C@@]23CCCN4CC[C@@]5(c6cccc(OC)c6N(OC(C)=O)[C@]15CC2)[C@@H]43. The van der Waals surface area contributed by atoms with E-state index in [0.29, 0.717) is 11.3 Å². The molecule has 2 bridgehead atoms. The number of benzene rings is 1. The molecule has 0 N–H and O–H groups in total. The van der Waals surface area contributed by atoms with Gasteiger partial charge in [0.2, 0.25) is 0 Å². The number of hydroxylamine groups is 1. The Morgan fingerprint density at radius 3 is 2.68 bits per heavy atom. The van der Waals surface area contributed by atoms with Crippen molar-refractivity contribution >= 4 is 17.6 Å². The topological polar surface area (TPSA) is 68.3 Å². The second kappa shape index (κ2) is 6.03. The molecule has 31 heavy (non-hydrogen) atoms. The van der Waals surface area contributed by atoms with Crippen molar-refractivity contribution in [2.45, 2.75) is 56.0 Å². The van der Waals surface area contributed by atoms with Gasteiger partial charge >= 0.3 is 11.9 Å². The van der Waals surface area contributed by atoms with E-state index in [1.807, 2.05) is 12.1 Å². The smallest absolute Gasteiger partial charge is 0.336 e. The van der Waals surface area contributed by atoms with Crippen molar-refractivity contribution in [3.05, 3.63) is 35.4 Å². The molecule has 164 valence electrons. The third-order valence-corrected chi connectivity index (χ3v) is 8.70. The number of hydrogen-bond acceptors (Lipinski definition) is 7. The summed E-state index contributed by atoms with van der Waals surface area (Å²) < 4.78 is 11.1. The monoisotopic (exact) mass is 424 g/mol. The van der Waals surface area contributed by atoms with E-state index >= 15 is 0 Å². The van der Waals surface area contributed by atoms with E-state index in [4.69, 9.17) is 14.3 Å². The molecule has 1 saturated carbocycles. The van der Waals surface area contributed by atoms with Crippen molar-refractivity contribution in [1.29, 1.82) is 0 Å². The van der Waals surface area contributed by atoms with E-state index in [-0.39, 0.29) is 22.8 Å².